The maximum absolute atomic E-state index is 5.86. The summed E-state index contributed by atoms with van der Waals surface area (Å²) in [6.07, 6.45) is 8.20. The van der Waals surface area contributed by atoms with Gasteiger partial charge in [-0.15, -0.1) is 11.3 Å². The molecule has 0 amide bonds. The summed E-state index contributed by atoms with van der Waals surface area (Å²) < 4.78 is 0. The van der Waals surface area contributed by atoms with E-state index in [9.17, 15) is 0 Å². The number of fused-ring (bicyclic) bond motifs is 1. The van der Waals surface area contributed by atoms with E-state index in [1.165, 1.54) is 52.6 Å². The molecule has 5 heteroatoms. The number of H-pyrrole nitrogens is 1. The van der Waals surface area contributed by atoms with Crippen LogP contribution >= 0.6 is 11.3 Å². The van der Waals surface area contributed by atoms with Crippen LogP contribution in [0.5, 0.6) is 0 Å². The van der Waals surface area contributed by atoms with E-state index >= 15 is 0 Å². The molecule has 1 fully saturated rings. The van der Waals surface area contributed by atoms with Crippen LogP contribution in [-0.4, -0.2) is 23.9 Å². The SMILES string of the molecule is CC.CCNC1CCC(c2c[nH]c3ccc(-c4cccs4)cc23)CC1.N=CN. The Morgan fingerprint density at radius 2 is 1.93 bits per heavy atom. The molecule has 1 aromatic carbocycles. The van der Waals surface area contributed by atoms with Crippen molar-refractivity contribution in [2.24, 2.45) is 5.73 Å². The lowest BCUT2D eigenvalue weighted by Gasteiger charge is -2.29. The predicted molar refractivity (Wildman–Crippen MR) is 125 cm³/mol. The summed E-state index contributed by atoms with van der Waals surface area (Å²) >= 11 is 1.82. The zero-order valence-corrected chi connectivity index (χ0v) is 18.1. The zero-order valence-electron chi connectivity index (χ0n) is 17.3. The fourth-order valence-corrected chi connectivity index (χ4v) is 4.70. The Morgan fingerprint density at radius 3 is 2.54 bits per heavy atom. The van der Waals surface area contributed by atoms with Gasteiger partial charge in [0.25, 0.3) is 0 Å². The van der Waals surface area contributed by atoms with Gasteiger partial charge in [0.05, 0.1) is 6.34 Å². The number of nitrogens with one attached hydrogen (secondary N) is 3. The molecule has 1 aliphatic rings. The van der Waals surface area contributed by atoms with Gasteiger partial charge in [0.2, 0.25) is 0 Å². The number of thiophene rings is 1. The Kier molecular flexibility index (Phi) is 9.24. The van der Waals surface area contributed by atoms with Crippen LogP contribution in [0.25, 0.3) is 21.3 Å². The first-order valence-electron chi connectivity index (χ1n) is 10.4. The summed E-state index contributed by atoms with van der Waals surface area (Å²) in [5.41, 5.74) is 8.53. The number of benzene rings is 1. The van der Waals surface area contributed by atoms with Gasteiger partial charge in [0.15, 0.2) is 0 Å². The van der Waals surface area contributed by atoms with E-state index in [1.54, 1.807) is 0 Å². The molecule has 0 radical (unpaired) electrons. The molecular formula is C23H34N4S. The number of aromatic amines is 1. The second-order valence-corrected chi connectivity index (χ2v) is 7.70. The number of hydrogen-bond donors (Lipinski definition) is 4. The van der Waals surface area contributed by atoms with Crippen molar-refractivity contribution >= 4 is 28.6 Å². The highest BCUT2D eigenvalue weighted by Gasteiger charge is 2.23. The fourth-order valence-electron chi connectivity index (χ4n) is 3.97. The highest BCUT2D eigenvalue weighted by Crippen LogP contribution is 2.38. The second kappa shape index (κ2) is 11.7. The molecule has 0 unspecified atom stereocenters. The molecule has 3 aromatic rings. The van der Waals surface area contributed by atoms with E-state index in [4.69, 9.17) is 5.41 Å². The van der Waals surface area contributed by atoms with Crippen molar-refractivity contribution in [2.75, 3.05) is 6.54 Å². The van der Waals surface area contributed by atoms with Crippen LogP contribution in [0.1, 0.15) is 57.9 Å². The van der Waals surface area contributed by atoms with Gasteiger partial charge in [-0.05, 0) is 72.9 Å². The highest BCUT2D eigenvalue weighted by atomic mass is 32.1. The summed E-state index contributed by atoms with van der Waals surface area (Å²) in [6, 6.07) is 11.9. The first-order chi connectivity index (χ1) is 13.8. The topological polar surface area (TPSA) is 77.7 Å². The minimum atomic E-state index is 0.706. The van der Waals surface area contributed by atoms with Gasteiger partial charge in [0, 0.05) is 28.0 Å². The van der Waals surface area contributed by atoms with Crippen molar-refractivity contribution in [3.8, 4) is 10.4 Å². The van der Waals surface area contributed by atoms with E-state index in [1.807, 2.05) is 25.2 Å². The normalized spacial score (nSPS) is 18.5. The zero-order chi connectivity index (χ0) is 20.4. The summed E-state index contributed by atoms with van der Waals surface area (Å²) in [4.78, 5) is 4.84. The minimum absolute atomic E-state index is 0.706. The van der Waals surface area contributed by atoms with Crippen LogP contribution in [0.2, 0.25) is 0 Å². The molecule has 4 rings (SSSR count). The third-order valence-electron chi connectivity index (χ3n) is 5.18. The third-order valence-corrected chi connectivity index (χ3v) is 6.10. The van der Waals surface area contributed by atoms with E-state index in [0.29, 0.717) is 5.92 Å². The average molecular weight is 399 g/mol. The van der Waals surface area contributed by atoms with Crippen molar-refractivity contribution < 1.29 is 0 Å². The van der Waals surface area contributed by atoms with E-state index in [-0.39, 0.29) is 0 Å². The molecule has 28 heavy (non-hydrogen) atoms. The van der Waals surface area contributed by atoms with E-state index in [2.05, 4.69) is 64.9 Å². The number of aromatic nitrogens is 1. The fraction of sp³-hybridized carbons (Fsp3) is 0.435. The van der Waals surface area contributed by atoms with Crippen LogP contribution in [0.15, 0.2) is 41.9 Å². The van der Waals surface area contributed by atoms with Crippen LogP contribution < -0.4 is 11.1 Å². The molecule has 0 atom stereocenters. The Bertz CT molecular complexity index is 814. The molecule has 1 aliphatic carbocycles. The number of nitrogens with two attached hydrogens (primary N) is 1. The van der Waals surface area contributed by atoms with Gasteiger partial charge >= 0.3 is 0 Å². The van der Waals surface area contributed by atoms with Gasteiger partial charge in [0.1, 0.15) is 0 Å². The molecule has 2 aromatic heterocycles. The van der Waals surface area contributed by atoms with Gasteiger partial charge in [-0.3, -0.25) is 5.41 Å². The van der Waals surface area contributed by atoms with Crippen molar-refractivity contribution in [2.45, 2.75) is 58.4 Å². The van der Waals surface area contributed by atoms with E-state index < -0.39 is 0 Å². The van der Waals surface area contributed by atoms with Crippen LogP contribution in [0.4, 0.5) is 0 Å². The first-order valence-corrected chi connectivity index (χ1v) is 11.2. The van der Waals surface area contributed by atoms with Crippen molar-refractivity contribution in [1.29, 1.82) is 5.41 Å². The quantitative estimate of drug-likeness (QED) is 0.316. The lowest BCUT2D eigenvalue weighted by atomic mass is 9.81. The summed E-state index contributed by atoms with van der Waals surface area (Å²) in [7, 11) is 0. The first kappa shape index (κ1) is 22.2. The van der Waals surface area contributed by atoms with E-state index in [0.717, 1.165) is 18.9 Å². The molecule has 0 aliphatic heterocycles. The third kappa shape index (κ3) is 5.46. The van der Waals surface area contributed by atoms with Gasteiger partial charge in [-0.25, -0.2) is 0 Å². The number of hydrogen-bond acceptors (Lipinski definition) is 3. The Hall–Kier alpha value is -2.11. The maximum atomic E-state index is 5.86. The van der Waals surface area contributed by atoms with Crippen molar-refractivity contribution in [3.63, 3.8) is 0 Å². The van der Waals surface area contributed by atoms with Crippen LogP contribution in [-0.2, 0) is 0 Å². The Morgan fingerprint density at radius 1 is 1.21 bits per heavy atom. The summed E-state index contributed by atoms with van der Waals surface area (Å²) in [5, 5.41) is 13.0. The minimum Gasteiger partial charge on any atom is -0.390 e. The number of rotatable bonds is 4. The lowest BCUT2D eigenvalue weighted by Crippen LogP contribution is -2.32. The second-order valence-electron chi connectivity index (χ2n) is 6.75. The van der Waals surface area contributed by atoms with Gasteiger partial charge in [-0.2, -0.15) is 0 Å². The average Bonchev–Trinajstić information content (AvgIpc) is 3.41. The molecule has 0 saturated heterocycles. The predicted octanol–water partition coefficient (Wildman–Crippen LogP) is 6.11. The van der Waals surface area contributed by atoms with Crippen molar-refractivity contribution in [1.82, 2.24) is 10.3 Å². The molecule has 2 heterocycles. The highest BCUT2D eigenvalue weighted by molar-refractivity contribution is 7.13. The van der Waals surface area contributed by atoms with Crippen LogP contribution in [0, 0.1) is 5.41 Å². The molecule has 152 valence electrons. The summed E-state index contributed by atoms with van der Waals surface area (Å²) in [5.74, 6) is 0.706. The molecule has 4 nitrogen and oxygen atoms in total. The molecule has 0 spiro atoms. The maximum Gasteiger partial charge on any atom is 0.0765 e. The Labute approximate surface area is 173 Å². The van der Waals surface area contributed by atoms with Gasteiger partial charge in [-0.1, -0.05) is 32.9 Å². The smallest absolute Gasteiger partial charge is 0.0765 e. The monoisotopic (exact) mass is 398 g/mol. The largest absolute Gasteiger partial charge is 0.390 e. The standard InChI is InChI=1S/C20H24N2S.C2H6.CH4N2/c1-2-21-16-8-5-14(6-9-16)18-13-22-19-10-7-15(12-17(18)19)20-4-3-11-23-20;1-2;2-1-3/h3-4,7,10-14,16,21-22H,2,5-6,8-9H2,1H3;1-2H3;1H,(H3,2,3). The van der Waals surface area contributed by atoms with Crippen molar-refractivity contribution in [3.05, 3.63) is 47.5 Å². The Balaban J connectivity index is 0.000000514. The molecule has 0 bridgehead atoms. The summed E-state index contributed by atoms with van der Waals surface area (Å²) in [6.45, 7) is 7.30. The molecular weight excluding hydrogens is 364 g/mol. The molecule has 5 N–H and O–H groups in total. The van der Waals surface area contributed by atoms with Gasteiger partial charge < -0.3 is 16.0 Å². The molecule has 1 saturated carbocycles. The van der Waals surface area contributed by atoms with Crippen LogP contribution in [0.3, 0.4) is 0 Å². The lowest BCUT2D eigenvalue weighted by molar-refractivity contribution is 0.349.